The molecule has 4 nitrogen and oxygen atoms in total. The van der Waals surface area contributed by atoms with Crippen molar-refractivity contribution >= 4 is 17.4 Å². The number of H-pyrrole nitrogens is 1. The van der Waals surface area contributed by atoms with E-state index in [1.165, 1.54) is 0 Å². The molecule has 1 aromatic heterocycles. The van der Waals surface area contributed by atoms with Crippen LogP contribution in [0.4, 0.5) is 5.82 Å². The lowest BCUT2D eigenvalue weighted by Gasteiger charge is -2.05. The number of methoxy groups -OCH3 is 1. The van der Waals surface area contributed by atoms with Gasteiger partial charge in [0, 0.05) is 5.56 Å². The lowest BCUT2D eigenvalue weighted by Crippen LogP contribution is -1.89. The summed E-state index contributed by atoms with van der Waals surface area (Å²) in [5.74, 6) is 1.09. The van der Waals surface area contributed by atoms with Crippen molar-refractivity contribution in [1.29, 1.82) is 0 Å². The lowest BCUT2D eigenvalue weighted by atomic mass is 10.1. The van der Waals surface area contributed by atoms with E-state index in [-0.39, 0.29) is 0 Å². The summed E-state index contributed by atoms with van der Waals surface area (Å²) in [6.45, 7) is 0. The van der Waals surface area contributed by atoms with Crippen LogP contribution in [0, 0.1) is 0 Å². The third-order valence-electron chi connectivity index (χ3n) is 2.11. The van der Waals surface area contributed by atoms with Crippen LogP contribution >= 0.6 is 11.6 Å². The van der Waals surface area contributed by atoms with Crippen LogP contribution in [0.15, 0.2) is 24.5 Å². The second kappa shape index (κ2) is 3.82. The minimum absolute atomic E-state index is 0.455. The summed E-state index contributed by atoms with van der Waals surface area (Å²) in [6.07, 6.45) is 1.54. The Bertz CT molecular complexity index is 481. The van der Waals surface area contributed by atoms with Gasteiger partial charge in [0.25, 0.3) is 0 Å². The number of halogens is 1. The van der Waals surface area contributed by atoms with Crippen LogP contribution < -0.4 is 10.5 Å². The van der Waals surface area contributed by atoms with E-state index in [2.05, 4.69) is 9.97 Å². The number of hydrogen-bond acceptors (Lipinski definition) is 3. The van der Waals surface area contributed by atoms with Crippen LogP contribution in [-0.4, -0.2) is 17.1 Å². The number of benzene rings is 1. The first-order valence-corrected chi connectivity index (χ1v) is 4.73. The standard InChI is InChI=1S/C10H10ClN3O/c1-15-8-3-2-6(4-7(8)11)9-10(12)14-5-13-9/h2-5H,12H2,1H3,(H,13,14). The molecule has 0 radical (unpaired) electrons. The van der Waals surface area contributed by atoms with Crippen molar-refractivity contribution in [2.45, 2.75) is 0 Å². The highest BCUT2D eigenvalue weighted by atomic mass is 35.5. The van der Waals surface area contributed by atoms with Gasteiger partial charge >= 0.3 is 0 Å². The van der Waals surface area contributed by atoms with Crippen LogP contribution in [-0.2, 0) is 0 Å². The van der Waals surface area contributed by atoms with E-state index in [0.717, 1.165) is 11.3 Å². The normalized spacial score (nSPS) is 10.3. The van der Waals surface area contributed by atoms with E-state index >= 15 is 0 Å². The summed E-state index contributed by atoms with van der Waals surface area (Å²) in [5, 5.41) is 0.545. The Morgan fingerprint density at radius 1 is 1.47 bits per heavy atom. The zero-order valence-corrected chi connectivity index (χ0v) is 8.88. The molecule has 2 aromatic rings. The molecule has 0 bridgehead atoms. The monoisotopic (exact) mass is 223 g/mol. The largest absolute Gasteiger partial charge is 0.495 e. The average molecular weight is 224 g/mol. The van der Waals surface area contributed by atoms with Gasteiger partial charge in [0.1, 0.15) is 11.6 Å². The molecule has 0 unspecified atom stereocenters. The van der Waals surface area contributed by atoms with Gasteiger partial charge in [0.15, 0.2) is 0 Å². The summed E-state index contributed by atoms with van der Waals surface area (Å²) in [6, 6.07) is 5.44. The number of nitrogens with one attached hydrogen (secondary N) is 1. The first-order chi connectivity index (χ1) is 7.22. The van der Waals surface area contributed by atoms with Gasteiger partial charge in [-0.3, -0.25) is 0 Å². The summed E-state index contributed by atoms with van der Waals surface area (Å²) >= 11 is 6.00. The Morgan fingerprint density at radius 2 is 2.27 bits per heavy atom. The van der Waals surface area contributed by atoms with Crippen LogP contribution in [0.2, 0.25) is 5.02 Å². The van der Waals surface area contributed by atoms with E-state index in [0.29, 0.717) is 16.6 Å². The third-order valence-corrected chi connectivity index (χ3v) is 2.40. The van der Waals surface area contributed by atoms with Crippen molar-refractivity contribution in [2.75, 3.05) is 12.8 Å². The van der Waals surface area contributed by atoms with Crippen molar-refractivity contribution in [3.8, 4) is 17.0 Å². The molecule has 78 valence electrons. The number of nitrogens with zero attached hydrogens (tertiary/aromatic N) is 1. The molecule has 5 heteroatoms. The van der Waals surface area contributed by atoms with Crippen molar-refractivity contribution < 1.29 is 4.74 Å². The van der Waals surface area contributed by atoms with E-state index in [4.69, 9.17) is 22.1 Å². The number of nitrogen functional groups attached to an aromatic ring is 1. The summed E-state index contributed by atoms with van der Waals surface area (Å²) in [5.41, 5.74) is 7.32. The highest BCUT2D eigenvalue weighted by Crippen LogP contribution is 2.30. The molecule has 0 amide bonds. The molecule has 1 aromatic carbocycles. The number of hydrogen-bond donors (Lipinski definition) is 2. The van der Waals surface area contributed by atoms with Gasteiger partial charge < -0.3 is 15.5 Å². The SMILES string of the molecule is COc1ccc(-c2[nH]cnc2N)cc1Cl. The maximum atomic E-state index is 6.00. The molecule has 2 rings (SSSR count). The smallest absolute Gasteiger partial charge is 0.149 e. The zero-order valence-electron chi connectivity index (χ0n) is 8.12. The maximum Gasteiger partial charge on any atom is 0.149 e. The predicted molar refractivity (Wildman–Crippen MR) is 60.0 cm³/mol. The highest BCUT2D eigenvalue weighted by Gasteiger charge is 2.07. The average Bonchev–Trinajstić information content (AvgIpc) is 2.64. The molecule has 1 heterocycles. The van der Waals surface area contributed by atoms with E-state index in [9.17, 15) is 0 Å². The number of ether oxygens (including phenoxy) is 1. The number of anilines is 1. The number of aromatic amines is 1. The Labute approximate surface area is 92.0 Å². The van der Waals surface area contributed by atoms with Gasteiger partial charge in [-0.15, -0.1) is 0 Å². The maximum absolute atomic E-state index is 6.00. The Balaban J connectivity index is 2.47. The first-order valence-electron chi connectivity index (χ1n) is 4.35. The lowest BCUT2D eigenvalue weighted by molar-refractivity contribution is 0.415. The minimum Gasteiger partial charge on any atom is -0.495 e. The van der Waals surface area contributed by atoms with Crippen LogP contribution in [0.1, 0.15) is 0 Å². The fraction of sp³-hybridized carbons (Fsp3) is 0.100. The molecule has 0 aliphatic heterocycles. The molecule has 0 aliphatic carbocycles. The predicted octanol–water partition coefficient (Wildman–Crippen LogP) is 2.32. The van der Waals surface area contributed by atoms with Crippen LogP contribution in [0.25, 0.3) is 11.3 Å². The second-order valence-electron chi connectivity index (χ2n) is 3.01. The molecule has 0 fully saturated rings. The molecule has 0 saturated carbocycles. The summed E-state index contributed by atoms with van der Waals surface area (Å²) in [7, 11) is 1.57. The van der Waals surface area contributed by atoms with Crippen molar-refractivity contribution in [3.05, 3.63) is 29.5 Å². The molecule has 0 aliphatic rings. The van der Waals surface area contributed by atoms with Crippen molar-refractivity contribution in [3.63, 3.8) is 0 Å². The molecule has 15 heavy (non-hydrogen) atoms. The quantitative estimate of drug-likeness (QED) is 0.821. The topological polar surface area (TPSA) is 63.9 Å². The molecular formula is C10H10ClN3O. The molecule has 3 N–H and O–H groups in total. The van der Waals surface area contributed by atoms with Crippen molar-refractivity contribution in [2.24, 2.45) is 0 Å². The number of imidazole rings is 1. The molecular weight excluding hydrogens is 214 g/mol. The fourth-order valence-electron chi connectivity index (χ4n) is 1.36. The van der Waals surface area contributed by atoms with E-state index in [1.807, 2.05) is 6.07 Å². The van der Waals surface area contributed by atoms with Gasteiger partial charge in [-0.1, -0.05) is 11.6 Å². The number of rotatable bonds is 2. The fourth-order valence-corrected chi connectivity index (χ4v) is 1.62. The number of nitrogens with two attached hydrogens (primary N) is 1. The van der Waals surface area contributed by atoms with E-state index < -0.39 is 0 Å². The van der Waals surface area contributed by atoms with Crippen molar-refractivity contribution in [1.82, 2.24) is 9.97 Å². The third kappa shape index (κ3) is 1.76. The van der Waals surface area contributed by atoms with Crippen LogP contribution in [0.5, 0.6) is 5.75 Å². The highest BCUT2D eigenvalue weighted by molar-refractivity contribution is 6.32. The zero-order chi connectivity index (χ0) is 10.8. The van der Waals surface area contributed by atoms with Gasteiger partial charge in [0.2, 0.25) is 0 Å². The summed E-state index contributed by atoms with van der Waals surface area (Å²) < 4.78 is 5.06. The Hall–Kier alpha value is -1.68. The van der Waals surface area contributed by atoms with E-state index in [1.54, 1.807) is 25.6 Å². The van der Waals surface area contributed by atoms with Gasteiger partial charge in [0.05, 0.1) is 24.2 Å². The van der Waals surface area contributed by atoms with Gasteiger partial charge in [-0.25, -0.2) is 4.98 Å². The first kappa shape index (κ1) is 9.86. The second-order valence-corrected chi connectivity index (χ2v) is 3.42. The molecule has 0 atom stereocenters. The minimum atomic E-state index is 0.455. The summed E-state index contributed by atoms with van der Waals surface area (Å²) in [4.78, 5) is 6.86. The van der Waals surface area contributed by atoms with Crippen LogP contribution in [0.3, 0.4) is 0 Å². The number of aromatic nitrogens is 2. The van der Waals surface area contributed by atoms with Gasteiger partial charge in [-0.2, -0.15) is 0 Å². The van der Waals surface area contributed by atoms with Gasteiger partial charge in [-0.05, 0) is 18.2 Å². The molecule has 0 spiro atoms. The Kier molecular flexibility index (Phi) is 2.51. The Morgan fingerprint density at radius 3 is 2.80 bits per heavy atom. The molecule has 0 saturated heterocycles.